The summed E-state index contributed by atoms with van der Waals surface area (Å²) in [7, 11) is 0. The first-order valence-electron chi connectivity index (χ1n) is 6.85. The summed E-state index contributed by atoms with van der Waals surface area (Å²) in [5.41, 5.74) is -2.24. The Hall–Kier alpha value is -0.980. The zero-order chi connectivity index (χ0) is 15.2. The van der Waals surface area contributed by atoms with Crippen molar-refractivity contribution in [1.29, 1.82) is 0 Å². The van der Waals surface area contributed by atoms with Gasteiger partial charge in [0.1, 0.15) is 11.1 Å². The van der Waals surface area contributed by atoms with E-state index >= 15 is 0 Å². The van der Waals surface area contributed by atoms with Crippen LogP contribution in [0.5, 0.6) is 0 Å². The lowest BCUT2D eigenvalue weighted by Gasteiger charge is -2.39. The third kappa shape index (κ3) is 3.56. The molecule has 2 rings (SSSR count). The highest BCUT2D eigenvalue weighted by atomic mass is 19.4. The molecule has 0 aromatic heterocycles. The Kier molecular flexibility index (Phi) is 3.69. The zero-order valence-electron chi connectivity index (χ0n) is 11.9. The molecule has 2 saturated carbocycles. The van der Waals surface area contributed by atoms with E-state index in [1.54, 1.807) is 20.8 Å². The molecule has 0 saturated heterocycles. The SMILES string of the molecule is CC(C)(C)OC(=O)NC1CC(NC2(C(F)(F)F)CC2)C1. The Bertz CT molecular complexity index is 380. The lowest BCUT2D eigenvalue weighted by molar-refractivity contribution is -0.169. The molecule has 0 atom stereocenters. The largest absolute Gasteiger partial charge is 0.444 e. The van der Waals surface area contributed by atoms with E-state index < -0.39 is 23.4 Å². The van der Waals surface area contributed by atoms with Crippen LogP contribution >= 0.6 is 0 Å². The highest BCUT2D eigenvalue weighted by Crippen LogP contribution is 2.50. The molecule has 116 valence electrons. The van der Waals surface area contributed by atoms with Gasteiger partial charge in [-0.1, -0.05) is 0 Å². The second-order valence-electron chi connectivity index (χ2n) is 6.74. The van der Waals surface area contributed by atoms with Crippen LogP contribution in [0.2, 0.25) is 0 Å². The molecule has 20 heavy (non-hydrogen) atoms. The van der Waals surface area contributed by atoms with Gasteiger partial charge in [0.15, 0.2) is 0 Å². The van der Waals surface area contributed by atoms with Crippen molar-refractivity contribution in [3.63, 3.8) is 0 Å². The molecule has 0 radical (unpaired) electrons. The molecule has 2 N–H and O–H groups in total. The van der Waals surface area contributed by atoms with Crippen LogP contribution < -0.4 is 10.6 Å². The molecule has 0 aliphatic heterocycles. The van der Waals surface area contributed by atoms with Crippen LogP contribution in [0.4, 0.5) is 18.0 Å². The molecular weight excluding hydrogens is 273 g/mol. The fourth-order valence-electron chi connectivity index (χ4n) is 2.35. The van der Waals surface area contributed by atoms with Crippen molar-refractivity contribution < 1.29 is 22.7 Å². The van der Waals surface area contributed by atoms with Gasteiger partial charge in [0.25, 0.3) is 0 Å². The molecule has 0 aromatic carbocycles. The Balaban J connectivity index is 1.70. The average Bonchev–Trinajstić information content (AvgIpc) is 2.90. The van der Waals surface area contributed by atoms with Gasteiger partial charge in [-0.25, -0.2) is 4.79 Å². The first-order chi connectivity index (χ1) is 9.01. The van der Waals surface area contributed by atoms with Crippen LogP contribution in [-0.4, -0.2) is 35.5 Å². The van der Waals surface area contributed by atoms with Crippen LogP contribution in [0.1, 0.15) is 46.5 Å². The number of amides is 1. The fraction of sp³-hybridized carbons (Fsp3) is 0.923. The van der Waals surface area contributed by atoms with E-state index in [0.717, 1.165) is 0 Å². The Morgan fingerprint density at radius 3 is 2.10 bits per heavy atom. The number of halogens is 3. The molecule has 0 bridgehead atoms. The summed E-state index contributed by atoms with van der Waals surface area (Å²) in [5.74, 6) is 0. The van der Waals surface area contributed by atoms with Gasteiger partial charge in [0, 0.05) is 12.1 Å². The summed E-state index contributed by atoms with van der Waals surface area (Å²) in [5, 5.41) is 5.34. The number of alkyl halides is 3. The average molecular weight is 294 g/mol. The van der Waals surface area contributed by atoms with Gasteiger partial charge >= 0.3 is 12.3 Å². The van der Waals surface area contributed by atoms with Gasteiger partial charge < -0.3 is 15.4 Å². The molecule has 0 unspecified atom stereocenters. The zero-order valence-corrected chi connectivity index (χ0v) is 11.9. The summed E-state index contributed by atoms with van der Waals surface area (Å²) < 4.78 is 43.4. The molecule has 0 heterocycles. The van der Waals surface area contributed by atoms with Gasteiger partial charge in [-0.05, 0) is 46.5 Å². The Morgan fingerprint density at radius 1 is 1.15 bits per heavy atom. The van der Waals surface area contributed by atoms with Gasteiger partial charge in [-0.15, -0.1) is 0 Å². The second-order valence-corrected chi connectivity index (χ2v) is 6.74. The molecule has 2 aliphatic carbocycles. The molecule has 0 aromatic rings. The molecule has 0 spiro atoms. The smallest absolute Gasteiger partial charge is 0.407 e. The number of hydrogen-bond acceptors (Lipinski definition) is 3. The van der Waals surface area contributed by atoms with Crippen LogP contribution in [0, 0.1) is 0 Å². The third-order valence-electron chi connectivity index (χ3n) is 3.63. The van der Waals surface area contributed by atoms with Crippen LogP contribution in [0.15, 0.2) is 0 Å². The van der Waals surface area contributed by atoms with Crippen LogP contribution in [0.3, 0.4) is 0 Å². The minimum absolute atomic E-state index is 0.105. The highest BCUT2D eigenvalue weighted by Gasteiger charge is 2.64. The van der Waals surface area contributed by atoms with Gasteiger partial charge in [-0.2, -0.15) is 13.2 Å². The van der Waals surface area contributed by atoms with E-state index in [1.807, 2.05) is 0 Å². The third-order valence-corrected chi connectivity index (χ3v) is 3.63. The van der Waals surface area contributed by atoms with Crippen molar-refractivity contribution in [1.82, 2.24) is 10.6 Å². The van der Waals surface area contributed by atoms with E-state index in [4.69, 9.17) is 4.74 Å². The van der Waals surface area contributed by atoms with Crippen molar-refractivity contribution in [2.45, 2.75) is 75.9 Å². The number of nitrogens with one attached hydrogen (secondary N) is 2. The monoisotopic (exact) mass is 294 g/mol. The Morgan fingerprint density at radius 2 is 1.70 bits per heavy atom. The quantitative estimate of drug-likeness (QED) is 0.841. The highest BCUT2D eigenvalue weighted by molar-refractivity contribution is 5.68. The Labute approximate surface area is 116 Å². The predicted octanol–water partition coefficient (Wildman–Crippen LogP) is 2.73. The summed E-state index contributed by atoms with van der Waals surface area (Å²) in [6, 6.07) is -0.287. The molecule has 7 heteroatoms. The maximum absolute atomic E-state index is 12.8. The van der Waals surface area contributed by atoms with E-state index in [2.05, 4.69) is 10.6 Å². The van der Waals surface area contributed by atoms with E-state index in [0.29, 0.717) is 12.8 Å². The normalized spacial score (nSPS) is 28.5. The fourth-order valence-corrected chi connectivity index (χ4v) is 2.35. The number of rotatable bonds is 3. The molecular formula is C13H21F3N2O2. The molecule has 4 nitrogen and oxygen atoms in total. The first kappa shape index (κ1) is 15.4. The van der Waals surface area contributed by atoms with Crippen molar-refractivity contribution in [2.75, 3.05) is 0 Å². The lowest BCUT2D eigenvalue weighted by Crippen LogP contribution is -2.59. The minimum Gasteiger partial charge on any atom is -0.444 e. The van der Waals surface area contributed by atoms with Crippen LogP contribution in [0.25, 0.3) is 0 Å². The molecule has 2 aliphatic rings. The predicted molar refractivity (Wildman–Crippen MR) is 67.3 cm³/mol. The van der Waals surface area contributed by atoms with Crippen LogP contribution in [-0.2, 0) is 4.74 Å². The number of ether oxygens (including phenoxy) is 1. The standard InChI is InChI=1S/C13H21F3N2O2/c1-11(2,3)20-10(19)17-8-6-9(7-8)18-12(4-5-12)13(14,15)16/h8-9,18H,4-7H2,1-3H3,(H,17,19). The number of hydrogen-bond donors (Lipinski definition) is 2. The van der Waals surface area contributed by atoms with Gasteiger partial charge in [-0.3, -0.25) is 0 Å². The van der Waals surface area contributed by atoms with E-state index in [1.165, 1.54) is 0 Å². The topological polar surface area (TPSA) is 50.4 Å². The van der Waals surface area contributed by atoms with Crippen molar-refractivity contribution in [2.24, 2.45) is 0 Å². The van der Waals surface area contributed by atoms with Gasteiger partial charge in [0.05, 0.1) is 0 Å². The number of carbonyl (C=O) groups excluding carboxylic acids is 1. The van der Waals surface area contributed by atoms with Crippen molar-refractivity contribution in [3.8, 4) is 0 Å². The first-order valence-corrected chi connectivity index (χ1v) is 6.85. The lowest BCUT2D eigenvalue weighted by atomic mass is 9.86. The van der Waals surface area contributed by atoms with E-state index in [9.17, 15) is 18.0 Å². The number of carbonyl (C=O) groups is 1. The summed E-state index contributed by atoms with van der Waals surface area (Å²) in [4.78, 5) is 11.5. The van der Waals surface area contributed by atoms with Crippen molar-refractivity contribution >= 4 is 6.09 Å². The summed E-state index contributed by atoms with van der Waals surface area (Å²) in [6.07, 6.45) is -3.38. The summed E-state index contributed by atoms with van der Waals surface area (Å²) >= 11 is 0. The molecule has 1 amide bonds. The number of alkyl carbamates (subject to hydrolysis) is 1. The second kappa shape index (κ2) is 4.79. The maximum atomic E-state index is 12.8. The van der Waals surface area contributed by atoms with Gasteiger partial charge in [0.2, 0.25) is 0 Å². The van der Waals surface area contributed by atoms with Crippen molar-refractivity contribution in [3.05, 3.63) is 0 Å². The molecule has 2 fully saturated rings. The van der Waals surface area contributed by atoms with E-state index in [-0.39, 0.29) is 24.9 Å². The maximum Gasteiger partial charge on any atom is 0.407 e. The minimum atomic E-state index is -4.18. The summed E-state index contributed by atoms with van der Waals surface area (Å²) in [6.45, 7) is 5.29.